The lowest BCUT2D eigenvalue weighted by molar-refractivity contribution is -0.137. The van der Waals surface area contributed by atoms with Gasteiger partial charge >= 0.3 is 6.18 Å². The number of alkyl halides is 3. The van der Waals surface area contributed by atoms with E-state index in [0.717, 1.165) is 80.9 Å². The summed E-state index contributed by atoms with van der Waals surface area (Å²) in [6.45, 7) is 3.73. The van der Waals surface area contributed by atoms with Gasteiger partial charge in [-0.25, -0.2) is 4.31 Å². The maximum Gasteiger partial charge on any atom is 0.416 e. The first-order valence-corrected chi connectivity index (χ1v) is 15.2. The minimum absolute atomic E-state index is 0.00893. The van der Waals surface area contributed by atoms with E-state index in [4.69, 9.17) is 0 Å². The van der Waals surface area contributed by atoms with Crippen LogP contribution in [0.25, 0.3) is 0 Å². The zero-order valence-electron chi connectivity index (χ0n) is 23.5. The number of benzene rings is 3. The molecule has 1 atom stereocenters. The second-order valence-electron chi connectivity index (χ2n) is 11.4. The molecule has 0 aromatic heterocycles. The van der Waals surface area contributed by atoms with Crippen LogP contribution < -0.4 is 5.32 Å². The average Bonchev–Trinajstić information content (AvgIpc) is 3.31. The van der Waals surface area contributed by atoms with Crippen LogP contribution in [-0.2, 0) is 29.2 Å². The molecular weight excluding hydrogens is 543 g/mol. The van der Waals surface area contributed by atoms with E-state index in [1.54, 1.807) is 12.1 Å². The van der Waals surface area contributed by atoms with Crippen molar-refractivity contribution >= 4 is 17.9 Å². The number of likely N-dealkylation sites (tertiary alicyclic amines) is 1. The van der Waals surface area contributed by atoms with E-state index in [1.165, 1.54) is 23.1 Å². The van der Waals surface area contributed by atoms with Crippen molar-refractivity contribution in [3.8, 4) is 0 Å². The van der Waals surface area contributed by atoms with Crippen LogP contribution in [0.5, 0.6) is 0 Å². The molecule has 0 saturated carbocycles. The Labute approximate surface area is 245 Å². The van der Waals surface area contributed by atoms with E-state index in [9.17, 15) is 18.0 Å². The maximum atomic E-state index is 13.0. The van der Waals surface area contributed by atoms with Gasteiger partial charge in [-0.05, 0) is 98.6 Å². The summed E-state index contributed by atoms with van der Waals surface area (Å²) in [7, 11) is 2.04. The quantitative estimate of drug-likeness (QED) is 0.269. The van der Waals surface area contributed by atoms with Crippen molar-refractivity contribution in [3.05, 3.63) is 101 Å². The van der Waals surface area contributed by atoms with Crippen LogP contribution in [0.2, 0.25) is 0 Å². The molecule has 1 heterocycles. The average molecular weight is 582 g/mol. The second kappa shape index (κ2) is 13.0. The van der Waals surface area contributed by atoms with Gasteiger partial charge in [0, 0.05) is 36.0 Å². The smallest absolute Gasteiger partial charge is 0.353 e. The Balaban J connectivity index is 1.17. The molecule has 1 saturated heterocycles. The third-order valence-corrected chi connectivity index (χ3v) is 9.42. The maximum absolute atomic E-state index is 13.0. The van der Waals surface area contributed by atoms with Gasteiger partial charge in [0.05, 0.1) is 12.0 Å². The first-order chi connectivity index (χ1) is 19.7. The number of rotatable bonds is 10. The minimum Gasteiger partial charge on any atom is -0.353 e. The predicted octanol–water partition coefficient (Wildman–Crippen LogP) is 6.74. The van der Waals surface area contributed by atoms with Gasteiger partial charge in [-0.3, -0.25) is 4.79 Å². The molecular formula is C33H38F3N3OS. The Morgan fingerprint density at radius 1 is 1.00 bits per heavy atom. The fourth-order valence-electron chi connectivity index (χ4n) is 6.34. The minimum atomic E-state index is -4.32. The number of carbonyl (C=O) groups is 1. The normalized spacial score (nSPS) is 19.8. The Bertz CT molecular complexity index is 1290. The van der Waals surface area contributed by atoms with Crippen molar-refractivity contribution in [2.75, 3.05) is 33.2 Å². The Hall–Kier alpha value is -2.81. The third kappa shape index (κ3) is 7.73. The summed E-state index contributed by atoms with van der Waals surface area (Å²) in [5.41, 5.74) is 3.21. The van der Waals surface area contributed by atoms with Crippen LogP contribution in [0.15, 0.2) is 83.8 Å². The molecule has 0 radical (unpaired) electrons. The predicted molar refractivity (Wildman–Crippen MR) is 159 cm³/mol. The second-order valence-corrected chi connectivity index (χ2v) is 12.7. The zero-order valence-corrected chi connectivity index (χ0v) is 24.3. The standard InChI is InChI=1S/C33H38F3N3OS/c1-38(41-29-13-11-27(12-14-29)33(34,35)36)24-32(18-15-26-9-5-6-10-30(26)32)19-22-39-20-16-28(17-21-39)37-31(40)23-25-7-3-2-4-8-25/h2-14,28H,15-24H2,1H3,(H,37,40). The number of aryl methyl sites for hydroxylation is 1. The number of hydrogen-bond acceptors (Lipinski definition) is 4. The van der Waals surface area contributed by atoms with Crippen LogP contribution in [0.4, 0.5) is 13.2 Å². The molecule has 5 rings (SSSR count). The molecule has 3 aromatic carbocycles. The summed E-state index contributed by atoms with van der Waals surface area (Å²) in [4.78, 5) is 15.9. The van der Waals surface area contributed by atoms with Crippen molar-refractivity contribution in [2.45, 2.75) is 61.1 Å². The van der Waals surface area contributed by atoms with Crippen LogP contribution in [0.3, 0.4) is 0 Å². The van der Waals surface area contributed by atoms with Crippen LogP contribution in [0.1, 0.15) is 47.9 Å². The van der Waals surface area contributed by atoms with E-state index in [2.05, 4.69) is 38.8 Å². The highest BCUT2D eigenvalue weighted by Crippen LogP contribution is 2.44. The highest BCUT2D eigenvalue weighted by Gasteiger charge is 2.40. The molecule has 1 N–H and O–H groups in total. The van der Waals surface area contributed by atoms with Crippen LogP contribution >= 0.6 is 11.9 Å². The molecule has 41 heavy (non-hydrogen) atoms. The molecule has 0 spiro atoms. The summed E-state index contributed by atoms with van der Waals surface area (Å²) in [6.07, 6.45) is 1.13. The number of fused-ring (bicyclic) bond motifs is 1. The molecule has 0 bridgehead atoms. The van der Waals surface area contributed by atoms with E-state index in [0.29, 0.717) is 6.42 Å². The van der Waals surface area contributed by atoms with Gasteiger partial charge in [-0.1, -0.05) is 54.6 Å². The molecule has 218 valence electrons. The van der Waals surface area contributed by atoms with Gasteiger partial charge in [0.15, 0.2) is 0 Å². The largest absolute Gasteiger partial charge is 0.416 e. The number of hydrogen-bond donors (Lipinski definition) is 1. The third-order valence-electron chi connectivity index (χ3n) is 8.50. The van der Waals surface area contributed by atoms with Gasteiger partial charge in [0.2, 0.25) is 5.91 Å². The van der Waals surface area contributed by atoms with Crippen LogP contribution in [0, 0.1) is 0 Å². The zero-order chi connectivity index (χ0) is 28.9. The summed E-state index contributed by atoms with van der Waals surface area (Å²) in [5.74, 6) is 0.0877. The molecule has 1 aliphatic heterocycles. The van der Waals surface area contributed by atoms with Crippen molar-refractivity contribution in [2.24, 2.45) is 0 Å². The molecule has 1 unspecified atom stereocenters. The first kappa shape index (κ1) is 29.7. The van der Waals surface area contributed by atoms with Crippen molar-refractivity contribution in [3.63, 3.8) is 0 Å². The number of piperidine rings is 1. The van der Waals surface area contributed by atoms with E-state index in [-0.39, 0.29) is 17.4 Å². The highest BCUT2D eigenvalue weighted by atomic mass is 32.2. The van der Waals surface area contributed by atoms with Gasteiger partial charge in [-0.2, -0.15) is 13.2 Å². The lowest BCUT2D eigenvalue weighted by Crippen LogP contribution is -2.46. The summed E-state index contributed by atoms with van der Waals surface area (Å²) >= 11 is 1.50. The Morgan fingerprint density at radius 3 is 2.39 bits per heavy atom. The first-order valence-electron chi connectivity index (χ1n) is 14.4. The van der Waals surface area contributed by atoms with E-state index >= 15 is 0 Å². The molecule has 8 heteroatoms. The van der Waals surface area contributed by atoms with Gasteiger partial charge in [-0.15, -0.1) is 0 Å². The van der Waals surface area contributed by atoms with E-state index < -0.39 is 11.7 Å². The molecule has 1 aliphatic carbocycles. The van der Waals surface area contributed by atoms with Gasteiger partial charge in [0.25, 0.3) is 0 Å². The van der Waals surface area contributed by atoms with Gasteiger partial charge < -0.3 is 10.2 Å². The molecule has 3 aromatic rings. The van der Waals surface area contributed by atoms with Crippen molar-refractivity contribution in [1.82, 2.24) is 14.5 Å². The summed E-state index contributed by atoms with van der Waals surface area (Å²) < 4.78 is 41.2. The molecule has 1 amide bonds. The molecule has 4 nitrogen and oxygen atoms in total. The Morgan fingerprint density at radius 2 is 1.68 bits per heavy atom. The topological polar surface area (TPSA) is 35.6 Å². The molecule has 2 aliphatic rings. The van der Waals surface area contributed by atoms with Gasteiger partial charge in [0.1, 0.15) is 0 Å². The number of amides is 1. The lowest BCUT2D eigenvalue weighted by atomic mass is 9.78. The number of nitrogens with zero attached hydrogens (tertiary/aromatic N) is 2. The summed E-state index contributed by atoms with van der Waals surface area (Å²) in [5, 5.41) is 3.23. The number of nitrogens with one attached hydrogen (secondary N) is 1. The fourth-order valence-corrected chi connectivity index (χ4v) is 7.27. The molecule has 1 fully saturated rings. The van der Waals surface area contributed by atoms with Crippen molar-refractivity contribution in [1.29, 1.82) is 0 Å². The number of carbonyl (C=O) groups excluding carboxylic acids is 1. The fraction of sp³-hybridized carbons (Fsp3) is 0.424. The summed E-state index contributed by atoms with van der Waals surface area (Å²) in [6, 6.07) is 24.2. The van der Waals surface area contributed by atoms with Crippen molar-refractivity contribution < 1.29 is 18.0 Å². The number of halogens is 3. The Kier molecular flexibility index (Phi) is 9.42. The number of likely N-dealkylation sites (N-methyl/N-ethyl adjacent to an activating group) is 1. The SMILES string of the molecule is CN(CC1(CCN2CCC(NC(=O)Cc3ccccc3)CC2)CCc2ccccc21)Sc1ccc(C(F)(F)F)cc1. The lowest BCUT2D eigenvalue weighted by Gasteiger charge is -2.38. The highest BCUT2D eigenvalue weighted by molar-refractivity contribution is 7.97. The van der Waals surface area contributed by atoms with Crippen LogP contribution in [-0.4, -0.2) is 54.4 Å². The monoisotopic (exact) mass is 581 g/mol. The van der Waals surface area contributed by atoms with E-state index in [1.807, 2.05) is 37.4 Å².